The predicted molar refractivity (Wildman–Crippen MR) is 56.3 cm³/mol. The maximum Gasteiger partial charge on any atom is 0.311 e. The van der Waals surface area contributed by atoms with Crippen LogP contribution in [0.1, 0.15) is 31.7 Å². The topological polar surface area (TPSA) is 37.3 Å². The van der Waals surface area contributed by atoms with Gasteiger partial charge in [0, 0.05) is 0 Å². The summed E-state index contributed by atoms with van der Waals surface area (Å²) in [5.41, 5.74) is 0.898. The number of carbonyl (C=O) groups is 1. The third-order valence-electron chi connectivity index (χ3n) is 2.64. The van der Waals surface area contributed by atoms with Crippen LogP contribution in [0.5, 0.6) is 0 Å². The SMILES string of the molecule is CCC(C)[C@@H](C(=O)O)c1ccccc1. The largest absolute Gasteiger partial charge is 0.481 e. The molecule has 1 aromatic rings. The first-order valence-corrected chi connectivity index (χ1v) is 4.94. The lowest BCUT2D eigenvalue weighted by Gasteiger charge is -2.18. The summed E-state index contributed by atoms with van der Waals surface area (Å²) in [6.07, 6.45) is 0.881. The van der Waals surface area contributed by atoms with Crippen LogP contribution >= 0.6 is 0 Å². The molecule has 76 valence electrons. The minimum absolute atomic E-state index is 0.176. The van der Waals surface area contributed by atoms with Crippen LogP contribution in [0.15, 0.2) is 30.3 Å². The first kappa shape index (κ1) is 10.8. The number of carboxylic acids is 1. The van der Waals surface area contributed by atoms with Crippen LogP contribution in [-0.4, -0.2) is 11.1 Å². The molecule has 0 aliphatic heterocycles. The van der Waals surface area contributed by atoms with E-state index in [0.717, 1.165) is 12.0 Å². The van der Waals surface area contributed by atoms with Crippen molar-refractivity contribution in [1.82, 2.24) is 0 Å². The second-order valence-corrected chi connectivity index (χ2v) is 3.61. The van der Waals surface area contributed by atoms with Gasteiger partial charge < -0.3 is 5.11 Å². The molecule has 0 saturated carbocycles. The minimum Gasteiger partial charge on any atom is -0.481 e. The summed E-state index contributed by atoms with van der Waals surface area (Å²) in [5.74, 6) is -0.929. The smallest absolute Gasteiger partial charge is 0.311 e. The molecule has 14 heavy (non-hydrogen) atoms. The Labute approximate surface area is 84.6 Å². The highest BCUT2D eigenvalue weighted by Crippen LogP contribution is 2.26. The highest BCUT2D eigenvalue weighted by atomic mass is 16.4. The predicted octanol–water partition coefficient (Wildman–Crippen LogP) is 2.90. The Bertz CT molecular complexity index is 292. The monoisotopic (exact) mass is 192 g/mol. The van der Waals surface area contributed by atoms with Crippen molar-refractivity contribution in [3.05, 3.63) is 35.9 Å². The fourth-order valence-electron chi connectivity index (χ4n) is 1.61. The van der Waals surface area contributed by atoms with Gasteiger partial charge in [-0.05, 0) is 11.5 Å². The average Bonchev–Trinajstić information content (AvgIpc) is 2.19. The van der Waals surface area contributed by atoms with Gasteiger partial charge in [-0.2, -0.15) is 0 Å². The maximum atomic E-state index is 11.1. The Kier molecular flexibility index (Phi) is 3.69. The zero-order valence-corrected chi connectivity index (χ0v) is 8.60. The molecule has 0 heterocycles. The molecule has 1 rings (SSSR count). The normalized spacial score (nSPS) is 14.7. The Balaban J connectivity index is 2.95. The van der Waals surface area contributed by atoms with Gasteiger partial charge in [-0.3, -0.25) is 4.79 Å². The molecule has 0 radical (unpaired) electrons. The van der Waals surface area contributed by atoms with Crippen molar-refractivity contribution in [2.24, 2.45) is 5.92 Å². The second kappa shape index (κ2) is 4.80. The van der Waals surface area contributed by atoms with E-state index in [9.17, 15) is 4.79 Å². The summed E-state index contributed by atoms with van der Waals surface area (Å²) >= 11 is 0. The van der Waals surface area contributed by atoms with E-state index in [1.165, 1.54) is 0 Å². The third kappa shape index (κ3) is 2.34. The van der Waals surface area contributed by atoms with E-state index in [-0.39, 0.29) is 11.8 Å². The molecule has 0 amide bonds. The number of hydrogen-bond acceptors (Lipinski definition) is 1. The van der Waals surface area contributed by atoms with E-state index in [2.05, 4.69) is 0 Å². The summed E-state index contributed by atoms with van der Waals surface area (Å²) in [6.45, 7) is 4.00. The van der Waals surface area contributed by atoms with Crippen molar-refractivity contribution < 1.29 is 9.90 Å². The minimum atomic E-state index is -0.731. The molecule has 0 aromatic heterocycles. The van der Waals surface area contributed by atoms with Crippen LogP contribution < -0.4 is 0 Å². The first-order valence-electron chi connectivity index (χ1n) is 4.94. The molecule has 2 heteroatoms. The fourth-order valence-corrected chi connectivity index (χ4v) is 1.61. The molecule has 0 fully saturated rings. The number of benzene rings is 1. The van der Waals surface area contributed by atoms with E-state index in [4.69, 9.17) is 5.11 Å². The van der Waals surface area contributed by atoms with Crippen LogP contribution in [0.4, 0.5) is 0 Å². The van der Waals surface area contributed by atoms with Gasteiger partial charge >= 0.3 is 5.97 Å². The van der Waals surface area contributed by atoms with Crippen LogP contribution in [0.2, 0.25) is 0 Å². The molecule has 0 spiro atoms. The lowest BCUT2D eigenvalue weighted by molar-refractivity contribution is -0.140. The lowest BCUT2D eigenvalue weighted by atomic mass is 9.86. The quantitative estimate of drug-likeness (QED) is 0.796. The molecule has 2 atom stereocenters. The molecule has 0 bridgehead atoms. The highest BCUT2D eigenvalue weighted by molar-refractivity contribution is 5.76. The molecular weight excluding hydrogens is 176 g/mol. The molecule has 1 N–H and O–H groups in total. The molecule has 0 saturated heterocycles. The van der Waals surface area contributed by atoms with Gasteiger partial charge in [0.2, 0.25) is 0 Å². The van der Waals surface area contributed by atoms with Crippen molar-refractivity contribution in [3.63, 3.8) is 0 Å². The van der Waals surface area contributed by atoms with E-state index in [1.54, 1.807) is 0 Å². The van der Waals surface area contributed by atoms with Gasteiger partial charge in [0.15, 0.2) is 0 Å². The van der Waals surface area contributed by atoms with Crippen LogP contribution in [-0.2, 0) is 4.79 Å². The fraction of sp³-hybridized carbons (Fsp3) is 0.417. The third-order valence-corrected chi connectivity index (χ3v) is 2.64. The Morgan fingerprint density at radius 1 is 1.36 bits per heavy atom. The maximum absolute atomic E-state index is 11.1. The Morgan fingerprint density at radius 2 is 1.93 bits per heavy atom. The standard InChI is InChI=1S/C12H16O2/c1-3-9(2)11(12(13)14)10-7-5-4-6-8-10/h4-9,11H,3H2,1-2H3,(H,13,14)/t9?,11-/m1/s1. The van der Waals surface area contributed by atoms with Crippen molar-refractivity contribution in [2.45, 2.75) is 26.2 Å². The van der Waals surface area contributed by atoms with Crippen molar-refractivity contribution >= 4 is 5.97 Å². The van der Waals surface area contributed by atoms with Crippen LogP contribution in [0, 0.1) is 5.92 Å². The molecule has 2 nitrogen and oxygen atoms in total. The summed E-state index contributed by atoms with van der Waals surface area (Å²) < 4.78 is 0. The average molecular weight is 192 g/mol. The summed E-state index contributed by atoms with van der Waals surface area (Å²) in [4.78, 5) is 11.1. The number of rotatable bonds is 4. The zero-order chi connectivity index (χ0) is 10.6. The van der Waals surface area contributed by atoms with E-state index < -0.39 is 5.97 Å². The Hall–Kier alpha value is -1.31. The van der Waals surface area contributed by atoms with E-state index in [0.29, 0.717) is 0 Å². The highest BCUT2D eigenvalue weighted by Gasteiger charge is 2.24. The summed E-state index contributed by atoms with van der Waals surface area (Å²) in [6, 6.07) is 9.43. The van der Waals surface area contributed by atoms with E-state index in [1.807, 2.05) is 44.2 Å². The molecule has 0 aliphatic rings. The van der Waals surface area contributed by atoms with Gasteiger partial charge in [-0.25, -0.2) is 0 Å². The second-order valence-electron chi connectivity index (χ2n) is 3.61. The van der Waals surface area contributed by atoms with Crippen LogP contribution in [0.25, 0.3) is 0 Å². The van der Waals surface area contributed by atoms with Crippen molar-refractivity contribution in [2.75, 3.05) is 0 Å². The summed E-state index contributed by atoms with van der Waals surface area (Å²) in [5, 5.41) is 9.13. The molecular formula is C12H16O2. The number of hydrogen-bond donors (Lipinski definition) is 1. The first-order chi connectivity index (χ1) is 6.66. The number of aliphatic carboxylic acids is 1. The van der Waals surface area contributed by atoms with Crippen molar-refractivity contribution in [1.29, 1.82) is 0 Å². The zero-order valence-electron chi connectivity index (χ0n) is 8.60. The summed E-state index contributed by atoms with van der Waals surface area (Å²) in [7, 11) is 0. The molecule has 1 unspecified atom stereocenters. The number of carboxylic acid groups (broad SMARTS) is 1. The lowest BCUT2D eigenvalue weighted by Crippen LogP contribution is -2.18. The van der Waals surface area contributed by atoms with Gasteiger partial charge in [0.1, 0.15) is 0 Å². The van der Waals surface area contributed by atoms with Crippen LogP contribution in [0.3, 0.4) is 0 Å². The Morgan fingerprint density at radius 3 is 2.36 bits per heavy atom. The van der Waals surface area contributed by atoms with E-state index >= 15 is 0 Å². The molecule has 0 aliphatic carbocycles. The van der Waals surface area contributed by atoms with Crippen molar-refractivity contribution in [3.8, 4) is 0 Å². The molecule has 1 aromatic carbocycles. The van der Waals surface area contributed by atoms with Gasteiger partial charge in [0.05, 0.1) is 5.92 Å². The van der Waals surface area contributed by atoms with Gasteiger partial charge in [-0.15, -0.1) is 0 Å². The van der Waals surface area contributed by atoms with Gasteiger partial charge in [0.25, 0.3) is 0 Å². The van der Waals surface area contributed by atoms with Gasteiger partial charge in [-0.1, -0.05) is 50.6 Å².